The minimum Gasteiger partial charge on any atom is -0.490 e. The highest BCUT2D eigenvalue weighted by Crippen LogP contribution is 2.28. The third-order valence-electron chi connectivity index (χ3n) is 4.69. The van der Waals surface area contributed by atoms with Crippen molar-refractivity contribution in [2.24, 2.45) is 0 Å². The number of nitrogens with zero attached hydrogens (tertiary/aromatic N) is 2. The van der Waals surface area contributed by atoms with Crippen molar-refractivity contribution in [2.75, 3.05) is 19.8 Å². The molecular weight excluding hydrogens is 382 g/mol. The molecule has 2 aromatic carbocycles. The van der Waals surface area contributed by atoms with Gasteiger partial charge >= 0.3 is 0 Å². The van der Waals surface area contributed by atoms with Crippen LogP contribution in [0, 0.1) is 6.92 Å². The molecule has 1 heterocycles. The standard InChI is InChI=1S/C23H27N3O4/c1-4-29-20-11-10-17(14-21(20)30-5-2)12-13-24-22(27)15-26-23(28)19-9-7-6-8-18(19)16(3)25-26/h6-11,14H,4-5,12-13,15H2,1-3H3,(H,24,27). The van der Waals surface area contributed by atoms with Crippen molar-refractivity contribution in [3.63, 3.8) is 0 Å². The maximum atomic E-state index is 12.6. The molecule has 1 N–H and O–H groups in total. The number of rotatable bonds is 9. The van der Waals surface area contributed by atoms with Gasteiger partial charge in [-0.15, -0.1) is 0 Å². The van der Waals surface area contributed by atoms with Gasteiger partial charge in [-0.3, -0.25) is 9.59 Å². The van der Waals surface area contributed by atoms with Crippen LogP contribution in [0.2, 0.25) is 0 Å². The van der Waals surface area contributed by atoms with Gasteiger partial charge in [0.2, 0.25) is 5.91 Å². The summed E-state index contributed by atoms with van der Waals surface area (Å²) < 4.78 is 12.4. The van der Waals surface area contributed by atoms with E-state index < -0.39 is 0 Å². The summed E-state index contributed by atoms with van der Waals surface area (Å²) in [5.41, 5.74) is 1.48. The molecular formula is C23H27N3O4. The van der Waals surface area contributed by atoms with Crippen LogP contribution in [0.15, 0.2) is 47.3 Å². The molecule has 7 heteroatoms. The molecule has 0 aliphatic carbocycles. The Morgan fingerprint density at radius 1 is 1.03 bits per heavy atom. The third kappa shape index (κ3) is 4.97. The molecule has 0 aliphatic heterocycles. The third-order valence-corrected chi connectivity index (χ3v) is 4.69. The Hall–Kier alpha value is -3.35. The van der Waals surface area contributed by atoms with Gasteiger partial charge in [0.15, 0.2) is 11.5 Å². The lowest BCUT2D eigenvalue weighted by Gasteiger charge is -2.13. The van der Waals surface area contributed by atoms with Crippen LogP contribution in [0.1, 0.15) is 25.1 Å². The number of carbonyl (C=O) groups is 1. The smallest absolute Gasteiger partial charge is 0.275 e. The summed E-state index contributed by atoms with van der Waals surface area (Å²) in [6.07, 6.45) is 0.636. The van der Waals surface area contributed by atoms with E-state index >= 15 is 0 Å². The Morgan fingerprint density at radius 3 is 2.47 bits per heavy atom. The van der Waals surface area contributed by atoms with Gasteiger partial charge in [0.1, 0.15) is 6.54 Å². The minimum absolute atomic E-state index is 0.113. The Bertz CT molecular complexity index is 1090. The van der Waals surface area contributed by atoms with Gasteiger partial charge in [0.05, 0.1) is 24.3 Å². The van der Waals surface area contributed by atoms with Crippen LogP contribution in [0.5, 0.6) is 11.5 Å². The number of hydrogen-bond donors (Lipinski definition) is 1. The molecule has 30 heavy (non-hydrogen) atoms. The highest BCUT2D eigenvalue weighted by atomic mass is 16.5. The summed E-state index contributed by atoms with van der Waals surface area (Å²) >= 11 is 0. The van der Waals surface area contributed by atoms with Crippen molar-refractivity contribution >= 4 is 16.7 Å². The average molecular weight is 409 g/mol. The van der Waals surface area contributed by atoms with Crippen molar-refractivity contribution in [1.29, 1.82) is 0 Å². The van der Waals surface area contributed by atoms with Gasteiger partial charge in [0, 0.05) is 11.9 Å². The van der Waals surface area contributed by atoms with Gasteiger partial charge in [0.25, 0.3) is 5.56 Å². The van der Waals surface area contributed by atoms with Crippen LogP contribution >= 0.6 is 0 Å². The Labute approximate surface area is 175 Å². The number of nitrogens with one attached hydrogen (secondary N) is 1. The molecule has 0 saturated heterocycles. The van der Waals surface area contributed by atoms with E-state index in [2.05, 4.69) is 10.4 Å². The number of fused-ring (bicyclic) bond motifs is 1. The Morgan fingerprint density at radius 2 is 1.73 bits per heavy atom. The van der Waals surface area contributed by atoms with Crippen molar-refractivity contribution in [3.05, 3.63) is 64.1 Å². The van der Waals surface area contributed by atoms with Gasteiger partial charge in [-0.1, -0.05) is 24.3 Å². The number of benzene rings is 2. The summed E-state index contributed by atoms with van der Waals surface area (Å²) in [4.78, 5) is 24.9. The van der Waals surface area contributed by atoms with Gasteiger partial charge in [-0.05, 0) is 51.0 Å². The lowest BCUT2D eigenvalue weighted by molar-refractivity contribution is -0.121. The van der Waals surface area contributed by atoms with Crippen LogP contribution in [0.25, 0.3) is 10.8 Å². The van der Waals surface area contributed by atoms with E-state index in [1.165, 1.54) is 4.68 Å². The lowest BCUT2D eigenvalue weighted by atomic mass is 10.1. The highest BCUT2D eigenvalue weighted by Gasteiger charge is 2.11. The summed E-state index contributed by atoms with van der Waals surface area (Å²) in [6.45, 7) is 7.13. The van der Waals surface area contributed by atoms with Crippen LogP contribution in [-0.2, 0) is 17.8 Å². The Balaban J connectivity index is 1.62. The summed E-state index contributed by atoms with van der Waals surface area (Å²) in [5, 5.41) is 8.50. The van der Waals surface area contributed by atoms with Crippen LogP contribution in [0.3, 0.4) is 0 Å². The molecule has 0 radical (unpaired) electrons. The normalized spacial score (nSPS) is 10.8. The van der Waals surface area contributed by atoms with E-state index in [9.17, 15) is 9.59 Å². The largest absolute Gasteiger partial charge is 0.490 e. The summed E-state index contributed by atoms with van der Waals surface area (Å²) in [6, 6.07) is 13.1. The Kier molecular flexibility index (Phi) is 7.06. The SMILES string of the molecule is CCOc1ccc(CCNC(=O)Cn2nc(C)c3ccccc3c2=O)cc1OCC. The van der Waals surface area contributed by atoms with Gasteiger partial charge in [-0.25, -0.2) is 4.68 Å². The van der Waals surface area contributed by atoms with Crippen LogP contribution < -0.4 is 20.3 Å². The first-order chi connectivity index (χ1) is 14.5. The summed E-state index contributed by atoms with van der Waals surface area (Å²) in [7, 11) is 0. The second-order valence-electron chi connectivity index (χ2n) is 6.84. The molecule has 1 amide bonds. The highest BCUT2D eigenvalue weighted by molar-refractivity contribution is 5.83. The van der Waals surface area contributed by atoms with Gasteiger partial charge in [-0.2, -0.15) is 5.10 Å². The number of carbonyl (C=O) groups excluding carboxylic acids is 1. The first-order valence-corrected chi connectivity index (χ1v) is 10.1. The molecule has 7 nitrogen and oxygen atoms in total. The fourth-order valence-electron chi connectivity index (χ4n) is 3.30. The monoisotopic (exact) mass is 409 g/mol. The van der Waals surface area contributed by atoms with E-state index in [1.807, 2.05) is 51.1 Å². The zero-order valence-corrected chi connectivity index (χ0v) is 17.6. The molecule has 0 unspecified atom stereocenters. The van der Waals surface area contributed by atoms with Crippen molar-refractivity contribution in [1.82, 2.24) is 15.1 Å². The second kappa shape index (κ2) is 9.91. The molecule has 3 rings (SSSR count). The van der Waals surface area contributed by atoms with E-state index in [-0.39, 0.29) is 18.0 Å². The molecule has 0 saturated carbocycles. The number of ether oxygens (including phenoxy) is 2. The van der Waals surface area contributed by atoms with E-state index in [1.54, 1.807) is 12.1 Å². The zero-order chi connectivity index (χ0) is 21.5. The first kappa shape index (κ1) is 21.4. The molecule has 3 aromatic rings. The molecule has 158 valence electrons. The fourth-order valence-corrected chi connectivity index (χ4v) is 3.30. The first-order valence-electron chi connectivity index (χ1n) is 10.1. The number of hydrogen-bond acceptors (Lipinski definition) is 5. The zero-order valence-electron chi connectivity index (χ0n) is 17.6. The molecule has 0 bridgehead atoms. The predicted octanol–water partition coefficient (Wildman–Crippen LogP) is 2.86. The lowest BCUT2D eigenvalue weighted by Crippen LogP contribution is -2.35. The quantitative estimate of drug-likeness (QED) is 0.588. The van der Waals surface area contributed by atoms with Crippen molar-refractivity contribution in [2.45, 2.75) is 33.7 Å². The molecule has 0 spiro atoms. The van der Waals surface area contributed by atoms with Crippen molar-refractivity contribution < 1.29 is 14.3 Å². The van der Waals surface area contributed by atoms with E-state index in [4.69, 9.17) is 9.47 Å². The number of aromatic nitrogens is 2. The topological polar surface area (TPSA) is 82.5 Å². The van der Waals surface area contributed by atoms with E-state index in [0.29, 0.717) is 43.1 Å². The molecule has 0 fully saturated rings. The number of aryl methyl sites for hydroxylation is 1. The van der Waals surface area contributed by atoms with Crippen LogP contribution in [0.4, 0.5) is 0 Å². The second-order valence-corrected chi connectivity index (χ2v) is 6.84. The number of amides is 1. The molecule has 0 atom stereocenters. The molecule has 1 aromatic heterocycles. The minimum atomic E-state index is -0.265. The van der Waals surface area contributed by atoms with Crippen molar-refractivity contribution in [3.8, 4) is 11.5 Å². The summed E-state index contributed by atoms with van der Waals surface area (Å²) in [5.74, 6) is 1.16. The maximum absolute atomic E-state index is 12.6. The van der Waals surface area contributed by atoms with Crippen LogP contribution in [-0.4, -0.2) is 35.4 Å². The maximum Gasteiger partial charge on any atom is 0.275 e. The predicted molar refractivity (Wildman–Crippen MR) is 116 cm³/mol. The van der Waals surface area contributed by atoms with E-state index in [0.717, 1.165) is 16.6 Å². The van der Waals surface area contributed by atoms with Gasteiger partial charge < -0.3 is 14.8 Å². The molecule has 0 aliphatic rings. The average Bonchev–Trinajstić information content (AvgIpc) is 2.74. The fraction of sp³-hybridized carbons (Fsp3) is 0.348.